The fraction of sp³-hybridized carbons (Fsp3) is 0.125. The number of amides is 1. The molecule has 9 heteroatoms. The number of fused-ring (bicyclic) bond motifs is 1. The maximum atomic E-state index is 12.9. The molecule has 1 amide bonds. The van der Waals surface area contributed by atoms with Crippen molar-refractivity contribution in [2.75, 3.05) is 11.2 Å². The summed E-state index contributed by atoms with van der Waals surface area (Å²) < 4.78 is 38.1. The Morgan fingerprint density at radius 3 is 2.64 bits per heavy atom. The Labute approximate surface area is 147 Å². The van der Waals surface area contributed by atoms with Gasteiger partial charge in [-0.15, -0.1) is 0 Å². The van der Waals surface area contributed by atoms with Crippen molar-refractivity contribution >= 4 is 42.4 Å². The first-order chi connectivity index (χ1) is 11.8. The van der Waals surface area contributed by atoms with Crippen LogP contribution >= 0.6 is 11.3 Å². The molecule has 2 N–H and O–H groups in total. The van der Waals surface area contributed by atoms with Gasteiger partial charge in [0.25, 0.3) is 5.91 Å². The van der Waals surface area contributed by atoms with E-state index in [1.165, 1.54) is 11.3 Å². The fourth-order valence-corrected chi connectivity index (χ4v) is 4.19. The Bertz CT molecular complexity index is 1030. The lowest BCUT2D eigenvalue weighted by atomic mass is 10.2. The molecule has 0 spiro atoms. The highest BCUT2D eigenvalue weighted by Crippen LogP contribution is 2.26. The molecule has 25 heavy (non-hydrogen) atoms. The van der Waals surface area contributed by atoms with E-state index < -0.39 is 27.3 Å². The van der Waals surface area contributed by atoms with Crippen LogP contribution in [0.4, 0.5) is 9.52 Å². The van der Waals surface area contributed by atoms with Crippen LogP contribution in [-0.4, -0.2) is 25.1 Å². The molecule has 3 rings (SSSR count). The van der Waals surface area contributed by atoms with Crippen molar-refractivity contribution in [1.82, 2.24) is 10.4 Å². The molecule has 0 atom stereocenters. The van der Waals surface area contributed by atoms with Gasteiger partial charge in [0, 0.05) is 0 Å². The second kappa shape index (κ2) is 6.77. The Hall–Kier alpha value is -2.52. The molecule has 6 nitrogen and oxygen atoms in total. The molecule has 0 unspecified atom stereocenters. The minimum Gasteiger partial charge on any atom is -0.273 e. The topological polar surface area (TPSA) is 88.2 Å². The summed E-state index contributed by atoms with van der Waals surface area (Å²) in [5.74, 6) is -2.04. The number of hydrogen-bond acceptors (Lipinski definition) is 6. The molecule has 1 heterocycles. The maximum Gasteiger partial charge on any atom is 0.253 e. The molecule has 0 radical (unpaired) electrons. The highest BCUT2D eigenvalue weighted by atomic mass is 32.2. The Morgan fingerprint density at radius 2 is 1.92 bits per heavy atom. The van der Waals surface area contributed by atoms with Gasteiger partial charge >= 0.3 is 0 Å². The number of rotatable bonds is 5. The molecule has 0 aliphatic carbocycles. The van der Waals surface area contributed by atoms with Crippen LogP contribution in [0.5, 0.6) is 0 Å². The lowest BCUT2D eigenvalue weighted by molar-refractivity contribution is -0.118. The molecule has 0 aliphatic rings. The van der Waals surface area contributed by atoms with Crippen LogP contribution in [0.3, 0.4) is 0 Å². The van der Waals surface area contributed by atoms with Crippen molar-refractivity contribution in [3.63, 3.8) is 0 Å². The zero-order valence-electron chi connectivity index (χ0n) is 13.1. The molecule has 0 fully saturated rings. The summed E-state index contributed by atoms with van der Waals surface area (Å²) in [6, 6.07) is 10.1. The predicted octanol–water partition coefficient (Wildman–Crippen LogP) is 2.66. The molecule has 0 aliphatic heterocycles. The highest BCUT2D eigenvalue weighted by Gasteiger charge is 2.19. The van der Waals surface area contributed by atoms with E-state index in [4.69, 9.17) is 0 Å². The van der Waals surface area contributed by atoms with Gasteiger partial charge in [0.1, 0.15) is 11.6 Å². The number of nitrogens with zero attached hydrogens (tertiary/aromatic N) is 1. The number of benzene rings is 2. The van der Waals surface area contributed by atoms with Crippen molar-refractivity contribution < 1.29 is 17.6 Å². The van der Waals surface area contributed by atoms with Gasteiger partial charge < -0.3 is 0 Å². The number of thiazole rings is 1. The minimum absolute atomic E-state index is 0.112. The smallest absolute Gasteiger partial charge is 0.253 e. The number of hydrazine groups is 1. The van der Waals surface area contributed by atoms with Gasteiger partial charge in [0.05, 0.1) is 15.1 Å². The average molecular weight is 379 g/mol. The molecule has 0 saturated heterocycles. The zero-order chi connectivity index (χ0) is 18.0. The third-order valence-corrected chi connectivity index (χ3v) is 5.91. The van der Waals surface area contributed by atoms with E-state index in [2.05, 4.69) is 15.8 Å². The average Bonchev–Trinajstić information content (AvgIpc) is 2.95. The number of carbonyl (C=O) groups excluding carboxylic acids is 1. The van der Waals surface area contributed by atoms with E-state index in [-0.39, 0.29) is 4.90 Å². The molecule has 2 aromatic carbocycles. The second-order valence-corrected chi connectivity index (χ2v) is 8.40. The van der Waals surface area contributed by atoms with E-state index in [0.29, 0.717) is 5.13 Å². The summed E-state index contributed by atoms with van der Waals surface area (Å²) in [5.41, 5.74) is 6.82. The maximum absolute atomic E-state index is 12.9. The van der Waals surface area contributed by atoms with Gasteiger partial charge in [-0.1, -0.05) is 17.4 Å². The van der Waals surface area contributed by atoms with E-state index in [9.17, 15) is 17.6 Å². The summed E-state index contributed by atoms with van der Waals surface area (Å²) >= 11 is 1.34. The molecule has 0 saturated carbocycles. The zero-order valence-corrected chi connectivity index (χ0v) is 14.7. The molecule has 1 aromatic heterocycles. The molecule has 0 bridgehead atoms. The first-order valence-corrected chi connectivity index (χ1v) is 9.71. The standard InChI is InChI=1S/C16H14FN3O3S2/c1-10-2-7-13-14(8-10)24-16(18-13)20-19-15(21)9-25(22,23)12-5-3-11(17)4-6-12/h2-8H,9H2,1H3,(H,18,20)(H,19,21). The van der Waals surface area contributed by atoms with Gasteiger partial charge in [-0.25, -0.2) is 17.8 Å². The van der Waals surface area contributed by atoms with Crippen LogP contribution in [0.1, 0.15) is 5.56 Å². The van der Waals surface area contributed by atoms with Crippen LogP contribution in [0, 0.1) is 12.7 Å². The van der Waals surface area contributed by atoms with Crippen molar-refractivity contribution in [3.8, 4) is 0 Å². The van der Waals surface area contributed by atoms with Crippen LogP contribution in [-0.2, 0) is 14.6 Å². The van der Waals surface area contributed by atoms with Crippen molar-refractivity contribution in [2.24, 2.45) is 0 Å². The lowest BCUT2D eigenvalue weighted by Crippen LogP contribution is -2.34. The minimum atomic E-state index is -3.85. The van der Waals surface area contributed by atoms with Crippen LogP contribution in [0.15, 0.2) is 47.4 Å². The van der Waals surface area contributed by atoms with Crippen molar-refractivity contribution in [2.45, 2.75) is 11.8 Å². The molecular weight excluding hydrogens is 365 g/mol. The van der Waals surface area contributed by atoms with E-state index >= 15 is 0 Å². The van der Waals surface area contributed by atoms with Gasteiger partial charge in [-0.05, 0) is 48.9 Å². The van der Waals surface area contributed by atoms with E-state index in [1.807, 2.05) is 25.1 Å². The van der Waals surface area contributed by atoms with Crippen molar-refractivity contribution in [3.05, 3.63) is 53.8 Å². The fourth-order valence-electron chi connectivity index (χ4n) is 2.14. The number of aromatic nitrogens is 1. The molecular formula is C16H14FN3O3S2. The Kier molecular flexibility index (Phi) is 4.69. The largest absolute Gasteiger partial charge is 0.273 e. The molecule has 3 aromatic rings. The number of nitrogens with one attached hydrogen (secondary N) is 2. The van der Waals surface area contributed by atoms with E-state index in [0.717, 1.165) is 40.0 Å². The third-order valence-electron chi connectivity index (χ3n) is 3.35. The number of carbonyl (C=O) groups is 1. The number of halogens is 1. The van der Waals surface area contributed by atoms with Gasteiger partial charge in [0.15, 0.2) is 9.84 Å². The lowest BCUT2D eigenvalue weighted by Gasteiger charge is -2.06. The van der Waals surface area contributed by atoms with Crippen molar-refractivity contribution in [1.29, 1.82) is 0 Å². The summed E-state index contributed by atoms with van der Waals surface area (Å²) in [4.78, 5) is 16.1. The van der Waals surface area contributed by atoms with Gasteiger partial charge in [-0.2, -0.15) is 0 Å². The molecule has 130 valence electrons. The normalized spacial score (nSPS) is 11.4. The second-order valence-electron chi connectivity index (χ2n) is 5.38. The quantitative estimate of drug-likeness (QED) is 0.526. The van der Waals surface area contributed by atoms with Crippen LogP contribution in [0.25, 0.3) is 10.2 Å². The Morgan fingerprint density at radius 1 is 1.20 bits per heavy atom. The first kappa shape index (κ1) is 17.3. The van der Waals surface area contributed by atoms with E-state index in [1.54, 1.807) is 0 Å². The number of anilines is 1. The SMILES string of the molecule is Cc1ccc2nc(NNC(=O)CS(=O)(=O)c3ccc(F)cc3)sc2c1. The van der Waals surface area contributed by atoms with Gasteiger partial charge in [0.2, 0.25) is 5.13 Å². The predicted molar refractivity (Wildman–Crippen MR) is 94.6 cm³/mol. The van der Waals surface area contributed by atoms with Crippen LogP contribution < -0.4 is 10.9 Å². The van der Waals surface area contributed by atoms with Gasteiger partial charge in [-0.3, -0.25) is 15.6 Å². The summed E-state index contributed by atoms with van der Waals surface area (Å²) in [6.45, 7) is 1.97. The monoisotopic (exact) mass is 379 g/mol. The Balaban J connectivity index is 1.64. The highest BCUT2D eigenvalue weighted by molar-refractivity contribution is 7.92. The summed E-state index contributed by atoms with van der Waals surface area (Å²) in [5, 5.41) is 0.452. The summed E-state index contributed by atoms with van der Waals surface area (Å²) in [6.07, 6.45) is 0. The third kappa shape index (κ3) is 4.12. The number of hydrogen-bond donors (Lipinski definition) is 2. The number of aryl methyl sites for hydroxylation is 1. The summed E-state index contributed by atoms with van der Waals surface area (Å²) in [7, 11) is -3.85. The van der Waals surface area contributed by atoms with Crippen LogP contribution in [0.2, 0.25) is 0 Å². The number of sulfone groups is 1. The first-order valence-electron chi connectivity index (χ1n) is 7.24.